The standard InChI is InChI=1S/C9H12O4.Na.H/c1-3-5-7(9(12)13)6(4-2)8(10)11;;/h4-5H,3H2,1-2H3,(H,10,11)(H,12,13);;. The average Bonchev–Trinajstić information content (AvgIpc) is 2.03. The van der Waals surface area contributed by atoms with Gasteiger partial charge in [0.25, 0.3) is 0 Å². The Morgan fingerprint density at radius 2 is 1.57 bits per heavy atom. The van der Waals surface area contributed by atoms with Crippen LogP contribution in [0.15, 0.2) is 23.3 Å². The number of allylic oxidation sites excluding steroid dienone is 2. The molecule has 0 saturated carbocycles. The Bertz CT molecular complexity index is 279. The van der Waals surface area contributed by atoms with E-state index in [0.717, 1.165) is 0 Å². The van der Waals surface area contributed by atoms with E-state index in [-0.39, 0.29) is 40.7 Å². The molecule has 0 heterocycles. The van der Waals surface area contributed by atoms with Crippen LogP contribution in [-0.4, -0.2) is 51.7 Å². The van der Waals surface area contributed by atoms with Crippen molar-refractivity contribution < 1.29 is 19.8 Å². The second-order valence-corrected chi connectivity index (χ2v) is 2.34. The van der Waals surface area contributed by atoms with E-state index in [1.807, 2.05) is 0 Å². The summed E-state index contributed by atoms with van der Waals surface area (Å²) >= 11 is 0. The third-order valence-electron chi connectivity index (χ3n) is 1.45. The molecule has 0 aliphatic carbocycles. The van der Waals surface area contributed by atoms with Crippen molar-refractivity contribution in [3.05, 3.63) is 23.3 Å². The van der Waals surface area contributed by atoms with Crippen LogP contribution >= 0.6 is 0 Å². The quantitative estimate of drug-likeness (QED) is 0.407. The summed E-state index contributed by atoms with van der Waals surface area (Å²) in [6.45, 7) is 3.24. The molecule has 4 nitrogen and oxygen atoms in total. The van der Waals surface area contributed by atoms with Gasteiger partial charge in [-0.15, -0.1) is 0 Å². The Labute approximate surface area is 105 Å². The van der Waals surface area contributed by atoms with Gasteiger partial charge in [-0.2, -0.15) is 0 Å². The van der Waals surface area contributed by atoms with E-state index in [2.05, 4.69) is 0 Å². The van der Waals surface area contributed by atoms with Crippen LogP contribution in [0.2, 0.25) is 0 Å². The number of aliphatic carboxylic acids is 2. The van der Waals surface area contributed by atoms with Crippen molar-refractivity contribution in [2.24, 2.45) is 0 Å². The Kier molecular flexibility index (Phi) is 8.83. The molecule has 0 aromatic carbocycles. The number of carboxylic acid groups (broad SMARTS) is 2. The molecule has 0 unspecified atom stereocenters. The fourth-order valence-electron chi connectivity index (χ4n) is 0.911. The molecule has 2 N–H and O–H groups in total. The molecule has 0 amide bonds. The summed E-state index contributed by atoms with van der Waals surface area (Å²) in [7, 11) is 0. The first-order valence-electron chi connectivity index (χ1n) is 3.88. The SMILES string of the molecule is CC=C(C(=O)O)C(=CCC)C(=O)O.[NaH]. The predicted octanol–water partition coefficient (Wildman–Crippen LogP) is 0.790. The molecule has 0 saturated heterocycles. The number of rotatable bonds is 4. The van der Waals surface area contributed by atoms with Gasteiger partial charge >= 0.3 is 41.5 Å². The molecule has 0 aromatic rings. The summed E-state index contributed by atoms with van der Waals surface area (Å²) in [6, 6.07) is 0. The van der Waals surface area contributed by atoms with E-state index in [1.54, 1.807) is 6.92 Å². The molecule has 0 fully saturated rings. The van der Waals surface area contributed by atoms with Crippen molar-refractivity contribution in [1.82, 2.24) is 0 Å². The van der Waals surface area contributed by atoms with E-state index in [4.69, 9.17) is 10.2 Å². The van der Waals surface area contributed by atoms with Gasteiger partial charge in [0.2, 0.25) is 0 Å². The van der Waals surface area contributed by atoms with Crippen LogP contribution in [0.25, 0.3) is 0 Å². The molecule has 5 heteroatoms. The Morgan fingerprint density at radius 1 is 1.14 bits per heavy atom. The zero-order chi connectivity index (χ0) is 10.4. The number of carboxylic acids is 2. The van der Waals surface area contributed by atoms with Crippen molar-refractivity contribution >= 4 is 41.5 Å². The monoisotopic (exact) mass is 208 g/mol. The summed E-state index contributed by atoms with van der Waals surface area (Å²) in [4.78, 5) is 21.2. The van der Waals surface area contributed by atoms with E-state index in [0.29, 0.717) is 6.42 Å². The van der Waals surface area contributed by atoms with Crippen LogP contribution in [0, 0.1) is 0 Å². The van der Waals surface area contributed by atoms with Crippen molar-refractivity contribution in [1.29, 1.82) is 0 Å². The minimum absolute atomic E-state index is 0. The topological polar surface area (TPSA) is 74.6 Å². The van der Waals surface area contributed by atoms with E-state index < -0.39 is 11.9 Å². The van der Waals surface area contributed by atoms with Gasteiger partial charge in [-0.1, -0.05) is 19.1 Å². The summed E-state index contributed by atoms with van der Waals surface area (Å²) in [5, 5.41) is 17.3. The van der Waals surface area contributed by atoms with Crippen LogP contribution in [0.3, 0.4) is 0 Å². The predicted molar refractivity (Wildman–Crippen MR) is 54.6 cm³/mol. The third kappa shape index (κ3) is 4.60. The van der Waals surface area contributed by atoms with Crippen LogP contribution in [0.5, 0.6) is 0 Å². The molecule has 0 radical (unpaired) electrons. The van der Waals surface area contributed by atoms with E-state index in [9.17, 15) is 9.59 Å². The molecule has 0 bridgehead atoms. The van der Waals surface area contributed by atoms with E-state index >= 15 is 0 Å². The normalized spacial score (nSPS) is 11.9. The molecule has 74 valence electrons. The zero-order valence-electron chi connectivity index (χ0n) is 7.57. The van der Waals surface area contributed by atoms with Crippen LogP contribution in [0.1, 0.15) is 20.3 Å². The fraction of sp³-hybridized carbons (Fsp3) is 0.333. The maximum absolute atomic E-state index is 10.6. The van der Waals surface area contributed by atoms with Crippen molar-refractivity contribution in [3.63, 3.8) is 0 Å². The van der Waals surface area contributed by atoms with Gasteiger partial charge < -0.3 is 10.2 Å². The fourth-order valence-corrected chi connectivity index (χ4v) is 0.911. The molecule has 0 aliphatic rings. The average molecular weight is 208 g/mol. The molecule has 0 rings (SSSR count). The van der Waals surface area contributed by atoms with Gasteiger partial charge in [-0.3, -0.25) is 0 Å². The molecular weight excluding hydrogens is 195 g/mol. The number of hydrogen-bond donors (Lipinski definition) is 2. The van der Waals surface area contributed by atoms with Crippen molar-refractivity contribution in [2.75, 3.05) is 0 Å². The minimum atomic E-state index is -1.22. The Balaban J connectivity index is 0. The van der Waals surface area contributed by atoms with Gasteiger partial charge in [0.1, 0.15) is 0 Å². The first-order valence-corrected chi connectivity index (χ1v) is 3.88. The third-order valence-corrected chi connectivity index (χ3v) is 1.45. The van der Waals surface area contributed by atoms with Gasteiger partial charge in [-0.05, 0) is 13.3 Å². The number of hydrogen-bond acceptors (Lipinski definition) is 2. The molecule has 0 atom stereocenters. The molecule has 0 aromatic heterocycles. The molecular formula is C9H13NaO4. The first-order chi connectivity index (χ1) is 6.04. The molecule has 0 aliphatic heterocycles. The molecule has 0 spiro atoms. The zero-order valence-corrected chi connectivity index (χ0v) is 7.57. The van der Waals surface area contributed by atoms with Crippen LogP contribution < -0.4 is 0 Å². The second-order valence-electron chi connectivity index (χ2n) is 2.34. The van der Waals surface area contributed by atoms with Crippen molar-refractivity contribution in [2.45, 2.75) is 20.3 Å². The first kappa shape index (κ1) is 15.9. The van der Waals surface area contributed by atoms with Crippen LogP contribution in [-0.2, 0) is 9.59 Å². The maximum atomic E-state index is 10.6. The summed E-state index contributed by atoms with van der Waals surface area (Å²) < 4.78 is 0. The van der Waals surface area contributed by atoms with Gasteiger partial charge in [0.15, 0.2) is 0 Å². The van der Waals surface area contributed by atoms with Crippen LogP contribution in [0.4, 0.5) is 0 Å². The number of carbonyl (C=O) groups is 2. The second kappa shape index (κ2) is 7.79. The molecule has 14 heavy (non-hydrogen) atoms. The summed E-state index contributed by atoms with van der Waals surface area (Å²) in [6.07, 6.45) is 3.15. The summed E-state index contributed by atoms with van der Waals surface area (Å²) in [5.41, 5.74) is -0.327. The van der Waals surface area contributed by atoms with Gasteiger partial charge in [-0.25, -0.2) is 9.59 Å². The Morgan fingerprint density at radius 3 is 1.79 bits per heavy atom. The van der Waals surface area contributed by atoms with Crippen molar-refractivity contribution in [3.8, 4) is 0 Å². The van der Waals surface area contributed by atoms with E-state index in [1.165, 1.54) is 19.1 Å². The Hall–Kier alpha value is -0.580. The summed E-state index contributed by atoms with van der Waals surface area (Å²) in [5.74, 6) is -2.43. The van der Waals surface area contributed by atoms with Gasteiger partial charge in [0.05, 0.1) is 11.1 Å². The van der Waals surface area contributed by atoms with Gasteiger partial charge in [0, 0.05) is 0 Å².